The number of allylic oxidation sites excluding steroid dienone is 2. The smallest absolute Gasteiger partial charge is 0.0911 e. The van der Waals surface area contributed by atoms with E-state index in [4.69, 9.17) is 5.26 Å². The molecular formula is C6H9N. The Morgan fingerprint density at radius 1 is 1.86 bits per heavy atom. The van der Waals surface area contributed by atoms with Crippen molar-refractivity contribution in [2.75, 3.05) is 0 Å². The van der Waals surface area contributed by atoms with E-state index in [2.05, 4.69) is 0 Å². The lowest BCUT2D eigenvalue weighted by Crippen LogP contribution is -1.65. The van der Waals surface area contributed by atoms with Crippen LogP contribution in [0.5, 0.6) is 0 Å². The lowest BCUT2D eigenvalue weighted by molar-refractivity contribution is 1.10. The van der Waals surface area contributed by atoms with Crippen LogP contribution in [0.2, 0.25) is 0 Å². The van der Waals surface area contributed by atoms with Crippen LogP contribution in [0.4, 0.5) is 0 Å². The minimum Gasteiger partial charge on any atom is -0.193 e. The average Bonchev–Trinajstić information content (AvgIpc) is 1.68. The number of hydrogen-bond acceptors (Lipinski definition) is 1. The molecule has 0 bridgehead atoms. The molecule has 0 spiro atoms. The van der Waals surface area contributed by atoms with Gasteiger partial charge in [0.15, 0.2) is 0 Å². The zero-order valence-corrected chi connectivity index (χ0v) is 4.73. The van der Waals surface area contributed by atoms with Gasteiger partial charge in [0.1, 0.15) is 0 Å². The molecule has 0 fully saturated rings. The van der Waals surface area contributed by atoms with Gasteiger partial charge in [0.2, 0.25) is 0 Å². The lowest BCUT2D eigenvalue weighted by Gasteiger charge is -1.83. The Bertz CT molecular complexity index is 106. The van der Waals surface area contributed by atoms with Crippen molar-refractivity contribution in [3.63, 3.8) is 0 Å². The minimum atomic E-state index is 0.980. The molecule has 7 heavy (non-hydrogen) atoms. The Labute approximate surface area is 44.3 Å². The molecule has 0 rings (SSSR count). The first-order valence-electron chi connectivity index (χ1n) is 2.36. The van der Waals surface area contributed by atoms with Gasteiger partial charge in [-0.3, -0.25) is 0 Å². The molecule has 0 heterocycles. The summed E-state index contributed by atoms with van der Waals surface area (Å²) in [5, 5.41) is 8.04. The highest BCUT2D eigenvalue weighted by atomic mass is 14.2. The van der Waals surface area contributed by atoms with Gasteiger partial charge in [0.25, 0.3) is 0 Å². The molecule has 1 nitrogen and oxygen atoms in total. The Balaban J connectivity index is 3.56. The van der Waals surface area contributed by atoms with E-state index in [-0.39, 0.29) is 0 Å². The molecule has 1 heteroatoms. The third-order valence-corrected chi connectivity index (χ3v) is 0.869. The summed E-state index contributed by atoms with van der Waals surface area (Å²) >= 11 is 0. The highest BCUT2D eigenvalue weighted by Crippen LogP contribution is 1.94. The molecule has 0 saturated heterocycles. The lowest BCUT2D eigenvalue weighted by atomic mass is 10.2. The molecule has 0 saturated carbocycles. The van der Waals surface area contributed by atoms with Crippen LogP contribution >= 0.6 is 0 Å². The largest absolute Gasteiger partial charge is 0.193 e. The molecule has 0 amide bonds. The number of rotatable bonds is 1. The number of nitrogens with zero attached hydrogens (tertiary/aromatic N) is 1. The van der Waals surface area contributed by atoms with Crippen LogP contribution in [0.25, 0.3) is 0 Å². The molecule has 0 aromatic rings. The zero-order chi connectivity index (χ0) is 5.70. The molecule has 0 N–H and O–H groups in total. The average molecular weight is 95.1 g/mol. The monoisotopic (exact) mass is 95.1 g/mol. The highest BCUT2D eigenvalue weighted by molar-refractivity contribution is 5.10. The Kier molecular flexibility index (Phi) is 3.04. The normalized spacial score (nSPS) is 10.7. The first kappa shape index (κ1) is 6.23. The quantitative estimate of drug-likeness (QED) is 0.456. The Morgan fingerprint density at radius 3 is 2.57 bits per heavy atom. The van der Waals surface area contributed by atoms with Crippen molar-refractivity contribution in [3.8, 4) is 6.07 Å². The fraction of sp³-hybridized carbons (Fsp3) is 0.500. The van der Waals surface area contributed by atoms with Gasteiger partial charge in [-0.05, 0) is 13.3 Å². The predicted octanol–water partition coefficient (Wildman–Crippen LogP) is 1.87. The fourth-order valence-corrected chi connectivity index (χ4v) is 0.212. The van der Waals surface area contributed by atoms with E-state index in [1.54, 1.807) is 6.08 Å². The van der Waals surface area contributed by atoms with Gasteiger partial charge in [0.05, 0.1) is 6.07 Å². The molecular weight excluding hydrogens is 86.1 g/mol. The van der Waals surface area contributed by atoms with Crippen molar-refractivity contribution in [3.05, 3.63) is 11.6 Å². The number of nitriles is 1. The van der Waals surface area contributed by atoms with Crippen molar-refractivity contribution in [1.82, 2.24) is 0 Å². The SMILES string of the molecule is CC/C(C)=C/C#N. The minimum absolute atomic E-state index is 0.980. The first-order chi connectivity index (χ1) is 3.31. The van der Waals surface area contributed by atoms with Crippen LogP contribution in [0.15, 0.2) is 11.6 Å². The maximum Gasteiger partial charge on any atom is 0.0911 e. The molecule has 0 aliphatic rings. The van der Waals surface area contributed by atoms with Crippen LogP contribution in [0, 0.1) is 11.3 Å². The van der Waals surface area contributed by atoms with Crippen LogP contribution in [0.3, 0.4) is 0 Å². The topological polar surface area (TPSA) is 23.8 Å². The van der Waals surface area contributed by atoms with Crippen LogP contribution in [-0.4, -0.2) is 0 Å². The predicted molar refractivity (Wildman–Crippen MR) is 29.7 cm³/mol. The highest BCUT2D eigenvalue weighted by Gasteiger charge is 1.76. The van der Waals surface area contributed by atoms with Crippen LogP contribution < -0.4 is 0 Å². The summed E-state index contributed by atoms with van der Waals surface area (Å²) in [6.45, 7) is 3.98. The molecule has 0 aliphatic heterocycles. The number of hydrogen-bond donors (Lipinski definition) is 0. The maximum absolute atomic E-state index is 8.04. The Hall–Kier alpha value is -0.770. The van der Waals surface area contributed by atoms with Gasteiger partial charge in [-0.2, -0.15) is 5.26 Å². The van der Waals surface area contributed by atoms with Gasteiger partial charge in [-0.25, -0.2) is 0 Å². The zero-order valence-electron chi connectivity index (χ0n) is 4.73. The van der Waals surface area contributed by atoms with Gasteiger partial charge in [-0.15, -0.1) is 0 Å². The first-order valence-corrected chi connectivity index (χ1v) is 2.36. The summed E-state index contributed by atoms with van der Waals surface area (Å²) in [4.78, 5) is 0. The molecule has 0 radical (unpaired) electrons. The van der Waals surface area contributed by atoms with Crippen molar-refractivity contribution in [1.29, 1.82) is 5.26 Å². The van der Waals surface area contributed by atoms with Crippen molar-refractivity contribution in [2.24, 2.45) is 0 Å². The van der Waals surface area contributed by atoms with E-state index in [0.717, 1.165) is 12.0 Å². The second-order valence-corrected chi connectivity index (χ2v) is 1.47. The maximum atomic E-state index is 8.04. The van der Waals surface area contributed by atoms with Gasteiger partial charge in [0, 0.05) is 6.08 Å². The molecule has 38 valence electrons. The molecule has 0 aliphatic carbocycles. The summed E-state index contributed by atoms with van der Waals surface area (Å²) in [6.07, 6.45) is 2.55. The van der Waals surface area contributed by atoms with E-state index in [1.807, 2.05) is 19.9 Å². The van der Waals surface area contributed by atoms with E-state index >= 15 is 0 Å². The van der Waals surface area contributed by atoms with Crippen molar-refractivity contribution >= 4 is 0 Å². The standard InChI is InChI=1S/C6H9N/c1-3-6(2)4-5-7/h4H,3H2,1-2H3/b6-4+. The van der Waals surface area contributed by atoms with E-state index in [0.29, 0.717) is 0 Å². The fourth-order valence-electron chi connectivity index (χ4n) is 0.212. The van der Waals surface area contributed by atoms with Gasteiger partial charge >= 0.3 is 0 Å². The molecule has 0 aromatic carbocycles. The van der Waals surface area contributed by atoms with E-state index in [1.165, 1.54) is 0 Å². The summed E-state index contributed by atoms with van der Waals surface area (Å²) in [5.41, 5.74) is 1.14. The molecule has 0 unspecified atom stereocenters. The second kappa shape index (κ2) is 3.42. The summed E-state index contributed by atoms with van der Waals surface area (Å²) in [5.74, 6) is 0. The van der Waals surface area contributed by atoms with Gasteiger partial charge in [-0.1, -0.05) is 12.5 Å². The second-order valence-electron chi connectivity index (χ2n) is 1.47. The molecule has 0 atom stereocenters. The van der Waals surface area contributed by atoms with Crippen LogP contribution in [-0.2, 0) is 0 Å². The van der Waals surface area contributed by atoms with E-state index < -0.39 is 0 Å². The van der Waals surface area contributed by atoms with Crippen molar-refractivity contribution in [2.45, 2.75) is 20.3 Å². The molecule has 0 aromatic heterocycles. The van der Waals surface area contributed by atoms with Crippen LogP contribution in [0.1, 0.15) is 20.3 Å². The summed E-state index contributed by atoms with van der Waals surface area (Å²) in [7, 11) is 0. The third kappa shape index (κ3) is 3.05. The summed E-state index contributed by atoms with van der Waals surface area (Å²) in [6, 6.07) is 1.96. The van der Waals surface area contributed by atoms with Gasteiger partial charge < -0.3 is 0 Å². The van der Waals surface area contributed by atoms with E-state index in [9.17, 15) is 0 Å². The summed E-state index contributed by atoms with van der Waals surface area (Å²) < 4.78 is 0. The Morgan fingerprint density at radius 2 is 2.43 bits per heavy atom. The van der Waals surface area contributed by atoms with Crippen molar-refractivity contribution < 1.29 is 0 Å². The third-order valence-electron chi connectivity index (χ3n) is 0.869.